The highest BCUT2D eigenvalue weighted by atomic mass is 16.6. The molecule has 0 bridgehead atoms. The first kappa shape index (κ1) is 14.9. The van der Waals surface area contributed by atoms with Gasteiger partial charge in [0.25, 0.3) is 5.69 Å². The van der Waals surface area contributed by atoms with Crippen molar-refractivity contribution in [3.63, 3.8) is 0 Å². The second kappa shape index (κ2) is 8.02. The Morgan fingerprint density at radius 2 is 2.05 bits per heavy atom. The average Bonchev–Trinajstić information content (AvgIpc) is 2.42. The number of methoxy groups -OCH3 is 1. The molecule has 0 amide bonds. The molecule has 0 radical (unpaired) electrons. The average molecular weight is 266 g/mol. The highest BCUT2D eigenvalue weighted by Gasteiger charge is 2.11. The van der Waals surface area contributed by atoms with Gasteiger partial charge in [0.1, 0.15) is 24.0 Å². The standard InChI is InChI=1S/C12H14N2O5/c1-17-4-5-18-6-7-19-12-3-2-11(14(15)16)8-10(12)9-13/h2-3,8H,4-7H2,1H3. The van der Waals surface area contributed by atoms with Crippen LogP contribution in [0.4, 0.5) is 5.69 Å². The first-order valence-electron chi connectivity index (χ1n) is 5.57. The van der Waals surface area contributed by atoms with Gasteiger partial charge in [-0.3, -0.25) is 10.1 Å². The number of benzene rings is 1. The summed E-state index contributed by atoms with van der Waals surface area (Å²) in [5, 5.41) is 19.5. The molecule has 1 rings (SSSR count). The highest BCUT2D eigenvalue weighted by molar-refractivity contribution is 5.50. The molecule has 7 nitrogen and oxygen atoms in total. The van der Waals surface area contributed by atoms with E-state index in [1.807, 2.05) is 6.07 Å². The third kappa shape index (κ3) is 4.91. The van der Waals surface area contributed by atoms with Gasteiger partial charge < -0.3 is 14.2 Å². The molecule has 1 aromatic rings. The quantitative estimate of drug-likeness (QED) is 0.402. The van der Waals surface area contributed by atoms with E-state index in [0.29, 0.717) is 25.6 Å². The van der Waals surface area contributed by atoms with Crippen molar-refractivity contribution < 1.29 is 19.1 Å². The fraction of sp³-hybridized carbons (Fsp3) is 0.417. The van der Waals surface area contributed by atoms with Gasteiger partial charge in [0.15, 0.2) is 0 Å². The van der Waals surface area contributed by atoms with Gasteiger partial charge in [-0.1, -0.05) is 0 Å². The van der Waals surface area contributed by atoms with Gasteiger partial charge >= 0.3 is 0 Å². The number of non-ortho nitro benzene ring substituents is 1. The molecule has 0 saturated carbocycles. The second-order valence-corrected chi connectivity index (χ2v) is 3.50. The van der Waals surface area contributed by atoms with Crippen LogP contribution in [-0.2, 0) is 9.47 Å². The van der Waals surface area contributed by atoms with E-state index >= 15 is 0 Å². The van der Waals surface area contributed by atoms with Crippen LogP contribution >= 0.6 is 0 Å². The molecule has 0 aliphatic heterocycles. The van der Waals surface area contributed by atoms with E-state index in [0.717, 1.165) is 0 Å². The Balaban J connectivity index is 2.50. The number of ether oxygens (including phenoxy) is 3. The summed E-state index contributed by atoms with van der Waals surface area (Å²) in [4.78, 5) is 10.0. The van der Waals surface area contributed by atoms with E-state index in [4.69, 9.17) is 19.5 Å². The molecule has 19 heavy (non-hydrogen) atoms. The van der Waals surface area contributed by atoms with E-state index < -0.39 is 4.92 Å². The second-order valence-electron chi connectivity index (χ2n) is 3.50. The van der Waals surface area contributed by atoms with Crippen molar-refractivity contribution in [1.29, 1.82) is 5.26 Å². The minimum Gasteiger partial charge on any atom is -0.490 e. The van der Waals surface area contributed by atoms with Crippen molar-refractivity contribution in [2.75, 3.05) is 33.5 Å². The third-order valence-electron chi connectivity index (χ3n) is 2.21. The maximum atomic E-state index is 10.6. The summed E-state index contributed by atoms with van der Waals surface area (Å²) < 4.78 is 15.3. The Labute approximate surface area is 110 Å². The van der Waals surface area contributed by atoms with E-state index in [9.17, 15) is 10.1 Å². The van der Waals surface area contributed by atoms with Crippen LogP contribution in [-0.4, -0.2) is 38.5 Å². The van der Waals surface area contributed by atoms with Gasteiger partial charge in [-0.25, -0.2) is 0 Å². The van der Waals surface area contributed by atoms with Crippen molar-refractivity contribution in [2.24, 2.45) is 0 Å². The summed E-state index contributed by atoms with van der Waals surface area (Å²) in [6, 6.07) is 5.75. The fourth-order valence-electron chi connectivity index (χ4n) is 1.30. The van der Waals surface area contributed by atoms with Crippen LogP contribution in [0.3, 0.4) is 0 Å². The van der Waals surface area contributed by atoms with Crippen molar-refractivity contribution in [3.05, 3.63) is 33.9 Å². The molecule has 0 spiro atoms. The zero-order valence-corrected chi connectivity index (χ0v) is 10.5. The minimum absolute atomic E-state index is 0.131. The lowest BCUT2D eigenvalue weighted by Crippen LogP contribution is -2.10. The smallest absolute Gasteiger partial charge is 0.271 e. The molecule has 102 valence electrons. The number of nitrogens with zero attached hydrogens (tertiary/aromatic N) is 2. The number of nitro groups is 1. The van der Waals surface area contributed by atoms with E-state index in [1.54, 1.807) is 7.11 Å². The molecule has 7 heteroatoms. The lowest BCUT2D eigenvalue weighted by Gasteiger charge is -2.08. The summed E-state index contributed by atoms with van der Waals surface area (Å²) in [6.07, 6.45) is 0. The van der Waals surface area contributed by atoms with Crippen molar-refractivity contribution >= 4 is 5.69 Å². The van der Waals surface area contributed by atoms with Crippen LogP contribution in [0, 0.1) is 21.4 Å². The zero-order chi connectivity index (χ0) is 14.1. The molecule has 0 aliphatic rings. The lowest BCUT2D eigenvalue weighted by atomic mass is 10.2. The maximum absolute atomic E-state index is 10.6. The Morgan fingerprint density at radius 1 is 1.32 bits per heavy atom. The Hall–Kier alpha value is -2.17. The Kier molecular flexibility index (Phi) is 6.29. The minimum atomic E-state index is -0.557. The summed E-state index contributed by atoms with van der Waals surface area (Å²) in [5.74, 6) is 0.309. The summed E-state index contributed by atoms with van der Waals surface area (Å²) in [5.41, 5.74) is -0.00802. The summed E-state index contributed by atoms with van der Waals surface area (Å²) in [7, 11) is 1.58. The number of nitriles is 1. The normalized spacial score (nSPS) is 9.89. The van der Waals surface area contributed by atoms with Crippen LogP contribution in [0.15, 0.2) is 18.2 Å². The Morgan fingerprint density at radius 3 is 2.68 bits per heavy atom. The molecule has 0 fully saturated rings. The van der Waals surface area contributed by atoms with Gasteiger partial charge in [-0.05, 0) is 6.07 Å². The molecule has 0 N–H and O–H groups in total. The fourth-order valence-corrected chi connectivity index (χ4v) is 1.30. The maximum Gasteiger partial charge on any atom is 0.271 e. The molecule has 0 aliphatic carbocycles. The van der Waals surface area contributed by atoms with Gasteiger partial charge in [0.2, 0.25) is 0 Å². The molecule has 0 saturated heterocycles. The van der Waals surface area contributed by atoms with Gasteiger partial charge in [0, 0.05) is 19.2 Å². The van der Waals surface area contributed by atoms with Crippen molar-refractivity contribution in [1.82, 2.24) is 0 Å². The molecule has 0 unspecified atom stereocenters. The van der Waals surface area contributed by atoms with Gasteiger partial charge in [-0.2, -0.15) is 5.26 Å². The van der Waals surface area contributed by atoms with Gasteiger partial charge in [0.05, 0.1) is 24.7 Å². The van der Waals surface area contributed by atoms with E-state index in [2.05, 4.69) is 0 Å². The highest BCUT2D eigenvalue weighted by Crippen LogP contribution is 2.23. The largest absolute Gasteiger partial charge is 0.490 e. The van der Waals surface area contributed by atoms with Gasteiger partial charge in [-0.15, -0.1) is 0 Å². The zero-order valence-electron chi connectivity index (χ0n) is 10.5. The topological polar surface area (TPSA) is 94.6 Å². The predicted octanol–water partition coefficient (Wildman–Crippen LogP) is 1.51. The molecular formula is C12H14N2O5. The van der Waals surface area contributed by atoms with Crippen molar-refractivity contribution in [3.8, 4) is 11.8 Å². The number of rotatable bonds is 8. The van der Waals surface area contributed by atoms with Crippen LogP contribution in [0.1, 0.15) is 5.56 Å². The molecule has 1 aromatic carbocycles. The first-order chi connectivity index (χ1) is 9.19. The number of nitro benzene ring substituents is 1. The van der Waals surface area contributed by atoms with Crippen LogP contribution in [0.5, 0.6) is 5.75 Å². The monoisotopic (exact) mass is 266 g/mol. The Bertz CT molecular complexity index is 470. The van der Waals surface area contributed by atoms with E-state index in [1.165, 1.54) is 18.2 Å². The molecule has 0 heterocycles. The third-order valence-corrected chi connectivity index (χ3v) is 2.21. The predicted molar refractivity (Wildman–Crippen MR) is 66.0 cm³/mol. The SMILES string of the molecule is COCCOCCOc1ccc([N+](=O)[O-])cc1C#N. The van der Waals surface area contributed by atoms with E-state index in [-0.39, 0.29) is 17.9 Å². The molecule has 0 atom stereocenters. The van der Waals surface area contributed by atoms with Crippen molar-refractivity contribution in [2.45, 2.75) is 0 Å². The number of hydrogen-bond donors (Lipinski definition) is 0. The van der Waals surface area contributed by atoms with Crippen LogP contribution in [0.25, 0.3) is 0 Å². The molecule has 0 aromatic heterocycles. The number of hydrogen-bond acceptors (Lipinski definition) is 6. The summed E-state index contributed by atoms with van der Waals surface area (Å²) in [6.45, 7) is 1.58. The van der Waals surface area contributed by atoms with Crippen LogP contribution in [0.2, 0.25) is 0 Å². The summed E-state index contributed by atoms with van der Waals surface area (Å²) >= 11 is 0. The lowest BCUT2D eigenvalue weighted by molar-refractivity contribution is -0.384. The first-order valence-corrected chi connectivity index (χ1v) is 5.57. The van der Waals surface area contributed by atoms with Crippen LogP contribution < -0.4 is 4.74 Å². The molecular weight excluding hydrogens is 252 g/mol.